The summed E-state index contributed by atoms with van der Waals surface area (Å²) in [5.74, 6) is 1.45. The first-order chi connectivity index (χ1) is 14.7. The van der Waals surface area contributed by atoms with E-state index in [1.54, 1.807) is 11.3 Å². The molecule has 4 rings (SSSR count). The zero-order valence-corrected chi connectivity index (χ0v) is 19.1. The minimum atomic E-state index is -0.0673. The maximum absolute atomic E-state index is 15.2. The Kier molecular flexibility index (Phi) is 7.04. The number of aryl methyl sites for hydroxylation is 1. The third kappa shape index (κ3) is 4.86. The van der Waals surface area contributed by atoms with Crippen LogP contribution in [0.1, 0.15) is 69.9 Å². The first kappa shape index (κ1) is 21.3. The summed E-state index contributed by atoms with van der Waals surface area (Å²) >= 11 is 1.57. The van der Waals surface area contributed by atoms with Crippen LogP contribution < -0.4 is 0 Å². The summed E-state index contributed by atoms with van der Waals surface area (Å²) in [4.78, 5) is 1.14. The summed E-state index contributed by atoms with van der Waals surface area (Å²) in [7, 11) is 0. The van der Waals surface area contributed by atoms with E-state index >= 15 is 4.39 Å². The van der Waals surface area contributed by atoms with Crippen molar-refractivity contribution in [2.24, 2.45) is 11.8 Å². The van der Waals surface area contributed by atoms with Gasteiger partial charge in [0.05, 0.1) is 4.70 Å². The molecule has 0 unspecified atom stereocenters. The highest BCUT2D eigenvalue weighted by atomic mass is 32.1. The minimum Gasteiger partial charge on any atom is -0.205 e. The van der Waals surface area contributed by atoms with Crippen molar-refractivity contribution in [1.29, 1.82) is 0 Å². The average Bonchev–Trinajstić information content (AvgIpc) is 3.21. The lowest BCUT2D eigenvalue weighted by molar-refractivity contribution is 0.295. The highest BCUT2D eigenvalue weighted by molar-refractivity contribution is 7.22. The van der Waals surface area contributed by atoms with Crippen LogP contribution in [0.3, 0.4) is 0 Å². The zero-order valence-electron chi connectivity index (χ0n) is 18.3. The van der Waals surface area contributed by atoms with Crippen LogP contribution in [-0.4, -0.2) is 0 Å². The molecule has 1 aliphatic rings. The topological polar surface area (TPSA) is 0 Å². The monoisotopic (exact) mass is 420 g/mol. The number of halogens is 1. The van der Waals surface area contributed by atoms with Gasteiger partial charge in [-0.2, -0.15) is 0 Å². The van der Waals surface area contributed by atoms with Gasteiger partial charge in [0.15, 0.2) is 0 Å². The third-order valence-corrected chi connectivity index (χ3v) is 7.76. The number of thiophene rings is 1. The molecule has 2 heteroatoms. The van der Waals surface area contributed by atoms with Crippen molar-refractivity contribution in [2.75, 3.05) is 0 Å². The quantitative estimate of drug-likeness (QED) is 0.357. The molecule has 1 fully saturated rings. The molecule has 158 valence electrons. The van der Waals surface area contributed by atoms with Gasteiger partial charge in [0, 0.05) is 10.4 Å². The van der Waals surface area contributed by atoms with Gasteiger partial charge in [-0.3, -0.25) is 0 Å². The SMILES string of the molecule is CCCc1ccc(-c2cc3ccc(/C=C/C4CCC(CCC)CC4)c(F)c3s2)cc1. The van der Waals surface area contributed by atoms with Gasteiger partial charge in [-0.25, -0.2) is 4.39 Å². The average molecular weight is 421 g/mol. The van der Waals surface area contributed by atoms with Crippen molar-refractivity contribution in [1.82, 2.24) is 0 Å². The molecule has 3 aromatic rings. The van der Waals surface area contributed by atoms with Gasteiger partial charge in [0.2, 0.25) is 0 Å². The van der Waals surface area contributed by atoms with E-state index in [-0.39, 0.29) is 5.82 Å². The number of allylic oxidation sites excluding steroid dienone is 1. The van der Waals surface area contributed by atoms with E-state index in [9.17, 15) is 0 Å². The van der Waals surface area contributed by atoms with Gasteiger partial charge in [-0.15, -0.1) is 11.3 Å². The van der Waals surface area contributed by atoms with E-state index < -0.39 is 0 Å². The summed E-state index contributed by atoms with van der Waals surface area (Å²) in [6.07, 6.45) is 14.4. The van der Waals surface area contributed by atoms with Crippen molar-refractivity contribution in [3.05, 3.63) is 65.5 Å². The number of rotatable bonds is 7. The molecule has 0 spiro atoms. The smallest absolute Gasteiger partial charge is 0.148 e. The van der Waals surface area contributed by atoms with Gasteiger partial charge >= 0.3 is 0 Å². The second-order valence-corrected chi connectivity index (χ2v) is 9.93. The highest BCUT2D eigenvalue weighted by Crippen LogP contribution is 2.37. The molecule has 2 aromatic carbocycles. The first-order valence-electron chi connectivity index (χ1n) is 11.7. The van der Waals surface area contributed by atoms with E-state index in [0.29, 0.717) is 5.92 Å². The Morgan fingerprint density at radius 1 is 0.967 bits per heavy atom. The van der Waals surface area contributed by atoms with Gasteiger partial charge in [0.1, 0.15) is 5.82 Å². The van der Waals surface area contributed by atoms with Crippen molar-refractivity contribution in [2.45, 2.75) is 65.2 Å². The molecule has 0 radical (unpaired) electrons. The maximum atomic E-state index is 15.2. The lowest BCUT2D eigenvalue weighted by atomic mass is 9.80. The minimum absolute atomic E-state index is 0.0673. The standard InChI is InChI=1S/C28H33FS/c1-3-5-20-7-9-22(10-8-20)13-16-24-17-18-25-19-26(30-28(25)27(24)29)23-14-11-21(6-4-2)12-15-23/h11-20,22H,3-10H2,1-2H3/b16-13+. The molecule has 0 amide bonds. The third-order valence-electron chi connectivity index (χ3n) is 6.57. The van der Waals surface area contributed by atoms with Crippen molar-refractivity contribution in [3.8, 4) is 10.4 Å². The summed E-state index contributed by atoms with van der Waals surface area (Å²) in [6.45, 7) is 4.48. The predicted molar refractivity (Wildman–Crippen MR) is 131 cm³/mol. The van der Waals surface area contributed by atoms with E-state index in [1.165, 1.54) is 49.7 Å². The van der Waals surface area contributed by atoms with Crippen molar-refractivity contribution >= 4 is 27.5 Å². The Balaban J connectivity index is 1.50. The molecule has 0 nitrogen and oxygen atoms in total. The van der Waals surface area contributed by atoms with Gasteiger partial charge in [-0.1, -0.05) is 81.7 Å². The second-order valence-electron chi connectivity index (χ2n) is 8.87. The number of hydrogen-bond donors (Lipinski definition) is 0. The fourth-order valence-electron chi connectivity index (χ4n) is 4.80. The van der Waals surface area contributed by atoms with Gasteiger partial charge in [0.25, 0.3) is 0 Å². The second kappa shape index (κ2) is 9.92. The fourth-order valence-corrected chi connectivity index (χ4v) is 5.91. The van der Waals surface area contributed by atoms with E-state index in [4.69, 9.17) is 0 Å². The lowest BCUT2D eigenvalue weighted by Gasteiger charge is -2.26. The Morgan fingerprint density at radius 2 is 1.73 bits per heavy atom. The number of hydrogen-bond acceptors (Lipinski definition) is 1. The van der Waals surface area contributed by atoms with E-state index in [1.807, 2.05) is 12.1 Å². The maximum Gasteiger partial charge on any atom is 0.148 e. The Hall–Kier alpha value is -1.93. The van der Waals surface area contributed by atoms with Crippen molar-refractivity contribution < 1.29 is 4.39 Å². The first-order valence-corrected chi connectivity index (χ1v) is 12.5. The Morgan fingerprint density at radius 3 is 2.43 bits per heavy atom. The molecular weight excluding hydrogens is 387 g/mol. The normalized spacial score (nSPS) is 19.7. The van der Waals surface area contributed by atoms with Crippen LogP contribution in [0.15, 0.2) is 48.5 Å². The van der Waals surface area contributed by atoms with Crippen LogP contribution in [0.25, 0.3) is 26.6 Å². The van der Waals surface area contributed by atoms with Crippen LogP contribution in [0.4, 0.5) is 4.39 Å². The predicted octanol–water partition coefficient (Wildman–Crippen LogP) is 9.28. The van der Waals surface area contributed by atoms with Crippen molar-refractivity contribution in [3.63, 3.8) is 0 Å². The summed E-state index contributed by atoms with van der Waals surface area (Å²) in [5.41, 5.74) is 3.27. The summed E-state index contributed by atoms with van der Waals surface area (Å²) in [6, 6.07) is 14.9. The molecule has 1 saturated carbocycles. The molecule has 1 aromatic heterocycles. The van der Waals surface area contributed by atoms with Crippen LogP contribution in [0.5, 0.6) is 0 Å². The van der Waals surface area contributed by atoms with Crippen LogP contribution >= 0.6 is 11.3 Å². The molecule has 1 aliphatic carbocycles. The van der Waals surface area contributed by atoms with Crippen LogP contribution in [0, 0.1) is 17.7 Å². The Bertz CT molecular complexity index is 987. The summed E-state index contributed by atoms with van der Waals surface area (Å²) < 4.78 is 16.0. The van der Waals surface area contributed by atoms with Gasteiger partial charge < -0.3 is 0 Å². The molecule has 1 heterocycles. The van der Waals surface area contributed by atoms with Crippen LogP contribution in [0.2, 0.25) is 0 Å². The molecule has 0 N–H and O–H groups in total. The molecule has 0 aliphatic heterocycles. The molecule has 0 saturated heterocycles. The highest BCUT2D eigenvalue weighted by Gasteiger charge is 2.19. The molecule has 0 atom stereocenters. The fraction of sp³-hybridized carbons (Fsp3) is 0.429. The van der Waals surface area contributed by atoms with E-state index in [0.717, 1.165) is 39.3 Å². The lowest BCUT2D eigenvalue weighted by Crippen LogP contribution is -2.12. The number of fused-ring (bicyclic) bond motifs is 1. The zero-order chi connectivity index (χ0) is 20.9. The summed E-state index contributed by atoms with van der Waals surface area (Å²) in [5, 5.41) is 1.00. The molecule has 0 bridgehead atoms. The van der Waals surface area contributed by atoms with Crippen LogP contribution in [-0.2, 0) is 6.42 Å². The molecule has 30 heavy (non-hydrogen) atoms. The van der Waals surface area contributed by atoms with Gasteiger partial charge in [-0.05, 0) is 66.5 Å². The number of benzene rings is 2. The Labute approximate surface area is 184 Å². The van der Waals surface area contributed by atoms with E-state index in [2.05, 4.69) is 56.3 Å². The molecular formula is C28H33FS. The largest absolute Gasteiger partial charge is 0.205 e.